The Morgan fingerprint density at radius 2 is 2.20 bits per heavy atom. The number of nitrogens with zero attached hydrogens (tertiary/aromatic N) is 1. The van der Waals surface area contributed by atoms with Crippen LogP contribution in [0.25, 0.3) is 0 Å². The first-order valence-electron chi connectivity index (χ1n) is 4.49. The van der Waals surface area contributed by atoms with Crippen molar-refractivity contribution in [2.24, 2.45) is 0 Å². The van der Waals surface area contributed by atoms with E-state index in [-0.39, 0.29) is 0 Å². The van der Waals surface area contributed by atoms with Crippen molar-refractivity contribution in [3.63, 3.8) is 0 Å². The lowest BCUT2D eigenvalue weighted by Crippen LogP contribution is -2.00. The average Bonchev–Trinajstić information content (AvgIpc) is 2.63. The highest BCUT2D eigenvalue weighted by Crippen LogP contribution is 2.27. The highest BCUT2D eigenvalue weighted by Gasteiger charge is 2.14. The third-order valence-electron chi connectivity index (χ3n) is 2.23. The van der Waals surface area contributed by atoms with Gasteiger partial charge in [0.05, 0.1) is 6.20 Å². The molecule has 1 N–H and O–H groups in total. The zero-order valence-electron chi connectivity index (χ0n) is 8.14. The molecule has 0 fully saturated rings. The number of thiophene rings is 1. The molecule has 1 unspecified atom stereocenters. The normalized spacial score (nSPS) is 12.7. The molecule has 0 aliphatic heterocycles. The van der Waals surface area contributed by atoms with Crippen LogP contribution in [0.4, 0.5) is 4.39 Å². The summed E-state index contributed by atoms with van der Waals surface area (Å²) in [4.78, 5) is 3.71. The third-order valence-corrected chi connectivity index (χ3v) is 3.11. The Morgan fingerprint density at radius 1 is 1.40 bits per heavy atom. The highest BCUT2D eigenvalue weighted by molar-refractivity contribution is 7.08. The van der Waals surface area contributed by atoms with Crippen molar-refractivity contribution < 1.29 is 9.50 Å². The van der Waals surface area contributed by atoms with E-state index in [4.69, 9.17) is 0 Å². The molecule has 0 saturated heterocycles. The first-order valence-corrected chi connectivity index (χ1v) is 5.44. The van der Waals surface area contributed by atoms with E-state index in [0.717, 1.165) is 17.3 Å². The van der Waals surface area contributed by atoms with Gasteiger partial charge in [0.1, 0.15) is 11.9 Å². The standard InChI is InChI=1S/C11H10FNOS/c1-7-5-15-6-10(7)11(14)8-2-9(12)4-13-3-8/h2-6,11,14H,1H3. The van der Waals surface area contributed by atoms with Crippen molar-refractivity contribution in [1.29, 1.82) is 0 Å². The first kappa shape index (κ1) is 10.3. The molecule has 2 nitrogen and oxygen atoms in total. The predicted molar refractivity (Wildman–Crippen MR) is 57.3 cm³/mol. The van der Waals surface area contributed by atoms with Crippen molar-refractivity contribution in [2.75, 3.05) is 0 Å². The fourth-order valence-electron chi connectivity index (χ4n) is 1.41. The summed E-state index contributed by atoms with van der Waals surface area (Å²) in [7, 11) is 0. The Kier molecular flexibility index (Phi) is 2.79. The maximum atomic E-state index is 12.9. The van der Waals surface area contributed by atoms with Crippen molar-refractivity contribution in [1.82, 2.24) is 4.98 Å². The van der Waals surface area contributed by atoms with Gasteiger partial charge in [0, 0.05) is 11.8 Å². The zero-order valence-corrected chi connectivity index (χ0v) is 8.96. The smallest absolute Gasteiger partial charge is 0.141 e. The minimum absolute atomic E-state index is 0.431. The Labute approximate surface area is 91.0 Å². The molecule has 0 aromatic carbocycles. The Hall–Kier alpha value is -1.26. The number of aliphatic hydroxyl groups is 1. The van der Waals surface area contributed by atoms with E-state index in [0.29, 0.717) is 5.56 Å². The molecule has 0 bridgehead atoms. The van der Waals surface area contributed by atoms with Gasteiger partial charge in [-0.1, -0.05) is 0 Å². The number of aryl methyl sites for hydroxylation is 1. The molecule has 0 aliphatic carbocycles. The lowest BCUT2D eigenvalue weighted by Gasteiger charge is -2.10. The van der Waals surface area contributed by atoms with Gasteiger partial charge in [-0.25, -0.2) is 4.39 Å². The van der Waals surface area contributed by atoms with E-state index in [2.05, 4.69) is 4.98 Å². The monoisotopic (exact) mass is 223 g/mol. The van der Waals surface area contributed by atoms with Crippen LogP contribution in [-0.2, 0) is 0 Å². The number of halogens is 1. The van der Waals surface area contributed by atoms with Crippen molar-refractivity contribution in [3.8, 4) is 0 Å². The van der Waals surface area contributed by atoms with Crippen LogP contribution < -0.4 is 0 Å². The van der Waals surface area contributed by atoms with Gasteiger partial charge >= 0.3 is 0 Å². The van der Waals surface area contributed by atoms with E-state index in [1.165, 1.54) is 23.6 Å². The van der Waals surface area contributed by atoms with Gasteiger partial charge in [-0.2, -0.15) is 11.3 Å². The van der Waals surface area contributed by atoms with E-state index in [1.54, 1.807) is 0 Å². The summed E-state index contributed by atoms with van der Waals surface area (Å²) >= 11 is 1.52. The van der Waals surface area contributed by atoms with Gasteiger partial charge in [0.25, 0.3) is 0 Å². The molecule has 0 radical (unpaired) electrons. The minimum Gasteiger partial charge on any atom is -0.384 e. The largest absolute Gasteiger partial charge is 0.384 e. The summed E-state index contributed by atoms with van der Waals surface area (Å²) in [5.74, 6) is -0.431. The summed E-state index contributed by atoms with van der Waals surface area (Å²) in [6.07, 6.45) is 1.81. The van der Waals surface area contributed by atoms with Crippen LogP contribution in [0, 0.1) is 12.7 Å². The molecule has 15 heavy (non-hydrogen) atoms. The molecule has 2 rings (SSSR count). The lowest BCUT2D eigenvalue weighted by molar-refractivity contribution is 0.219. The number of pyridine rings is 1. The Balaban J connectivity index is 2.36. The van der Waals surface area contributed by atoms with Crippen molar-refractivity contribution in [2.45, 2.75) is 13.0 Å². The van der Waals surface area contributed by atoms with E-state index >= 15 is 0 Å². The number of rotatable bonds is 2. The van der Waals surface area contributed by atoms with Gasteiger partial charge in [0.2, 0.25) is 0 Å². The average molecular weight is 223 g/mol. The van der Waals surface area contributed by atoms with Crippen LogP contribution in [0.1, 0.15) is 22.8 Å². The van der Waals surface area contributed by atoms with Gasteiger partial charge < -0.3 is 5.11 Å². The summed E-state index contributed by atoms with van der Waals surface area (Å²) in [6, 6.07) is 1.30. The molecule has 0 spiro atoms. The van der Waals surface area contributed by atoms with Crippen molar-refractivity contribution >= 4 is 11.3 Å². The second kappa shape index (κ2) is 4.08. The number of aliphatic hydroxyl groups excluding tert-OH is 1. The molecule has 2 aromatic heterocycles. The van der Waals surface area contributed by atoms with Crippen LogP contribution in [0.3, 0.4) is 0 Å². The molecule has 2 aromatic rings. The topological polar surface area (TPSA) is 33.1 Å². The quantitative estimate of drug-likeness (QED) is 0.849. The fourth-order valence-corrected chi connectivity index (χ4v) is 2.28. The Morgan fingerprint density at radius 3 is 2.80 bits per heavy atom. The van der Waals surface area contributed by atoms with Crippen LogP contribution in [0.15, 0.2) is 29.2 Å². The Bertz CT molecular complexity index is 469. The maximum Gasteiger partial charge on any atom is 0.141 e. The number of hydrogen-bond donors (Lipinski definition) is 1. The SMILES string of the molecule is Cc1cscc1C(O)c1cncc(F)c1. The highest BCUT2D eigenvalue weighted by atomic mass is 32.1. The molecule has 2 heterocycles. The summed E-state index contributed by atoms with van der Waals surface area (Å²) < 4.78 is 12.9. The van der Waals surface area contributed by atoms with E-state index in [9.17, 15) is 9.50 Å². The number of hydrogen-bond acceptors (Lipinski definition) is 3. The lowest BCUT2D eigenvalue weighted by atomic mass is 10.0. The molecule has 4 heteroatoms. The van der Waals surface area contributed by atoms with Gasteiger partial charge in [-0.05, 0) is 34.9 Å². The summed E-state index contributed by atoms with van der Waals surface area (Å²) in [6.45, 7) is 1.92. The molecule has 0 saturated carbocycles. The minimum atomic E-state index is -0.792. The van der Waals surface area contributed by atoms with Crippen LogP contribution in [0.5, 0.6) is 0 Å². The van der Waals surface area contributed by atoms with E-state index < -0.39 is 11.9 Å². The van der Waals surface area contributed by atoms with Gasteiger partial charge in [0.15, 0.2) is 0 Å². The molecule has 78 valence electrons. The third kappa shape index (κ3) is 2.06. The van der Waals surface area contributed by atoms with Gasteiger partial charge in [-0.3, -0.25) is 4.98 Å². The van der Waals surface area contributed by atoms with Crippen LogP contribution >= 0.6 is 11.3 Å². The molecule has 0 aliphatic rings. The molecule has 0 amide bonds. The predicted octanol–water partition coefficient (Wildman–Crippen LogP) is 2.67. The summed E-state index contributed by atoms with van der Waals surface area (Å²) in [5.41, 5.74) is 2.31. The fraction of sp³-hybridized carbons (Fsp3) is 0.182. The molecular formula is C11H10FNOS. The summed E-state index contributed by atoms with van der Waals surface area (Å²) in [5, 5.41) is 13.8. The van der Waals surface area contributed by atoms with E-state index in [1.807, 2.05) is 17.7 Å². The second-order valence-corrected chi connectivity index (χ2v) is 4.09. The van der Waals surface area contributed by atoms with Crippen LogP contribution in [0.2, 0.25) is 0 Å². The zero-order chi connectivity index (χ0) is 10.8. The molecular weight excluding hydrogens is 213 g/mol. The maximum absolute atomic E-state index is 12.9. The second-order valence-electron chi connectivity index (χ2n) is 3.35. The number of aromatic nitrogens is 1. The van der Waals surface area contributed by atoms with Crippen LogP contribution in [-0.4, -0.2) is 10.1 Å². The van der Waals surface area contributed by atoms with Crippen molar-refractivity contribution in [3.05, 3.63) is 51.7 Å². The molecule has 1 atom stereocenters. The van der Waals surface area contributed by atoms with Gasteiger partial charge in [-0.15, -0.1) is 0 Å². The first-order chi connectivity index (χ1) is 7.18.